The average molecular weight is 436 g/mol. The molecule has 1 aromatic carbocycles. The van der Waals surface area contributed by atoms with E-state index in [1.807, 2.05) is 6.92 Å². The number of nitrogens with one attached hydrogen (secondary N) is 1. The fourth-order valence-electron chi connectivity index (χ4n) is 2.86. The number of pyridine rings is 1. The molecular weight excluding hydrogens is 414 g/mol. The van der Waals surface area contributed by atoms with Crippen molar-refractivity contribution in [1.82, 2.24) is 20.3 Å². The van der Waals surface area contributed by atoms with Crippen LogP contribution < -0.4 is 11.1 Å². The van der Waals surface area contributed by atoms with Gasteiger partial charge in [-0.25, -0.2) is 15.0 Å². The number of halogens is 1. The first kappa shape index (κ1) is 22.2. The van der Waals surface area contributed by atoms with Gasteiger partial charge in [-0.15, -0.1) is 0 Å². The maximum atomic E-state index is 12.3. The minimum atomic E-state index is -0.263. The van der Waals surface area contributed by atoms with Gasteiger partial charge in [0.15, 0.2) is 0 Å². The number of ether oxygens (including phenoxy) is 1. The zero-order chi connectivity index (χ0) is 22.2. The van der Waals surface area contributed by atoms with Crippen LogP contribution in [0, 0.1) is 11.8 Å². The van der Waals surface area contributed by atoms with Crippen LogP contribution in [0.25, 0.3) is 11.3 Å². The fraction of sp³-hybridized carbons (Fsp3) is 0.217. The summed E-state index contributed by atoms with van der Waals surface area (Å²) >= 11 is 6.41. The standard InChI is InChI=1S/C23H22ClN5O2/c1-3-20-18(7-4-15-5-9-21(25)27-13-15)22(29-14-28-20)16-6-8-17(19(24)12-16)23(30)26-10-11-31-2/h5-6,8-9,12-14H,3,10-11H2,1-2H3,(H2,25,27)(H,26,30). The van der Waals surface area contributed by atoms with Crippen LogP contribution in [0.15, 0.2) is 42.9 Å². The molecule has 0 aliphatic heterocycles. The lowest BCUT2D eigenvalue weighted by Gasteiger charge is -2.10. The molecule has 0 saturated heterocycles. The number of anilines is 1. The number of nitrogen functional groups attached to an aromatic ring is 1. The van der Waals surface area contributed by atoms with E-state index >= 15 is 0 Å². The molecule has 3 N–H and O–H groups in total. The van der Waals surface area contributed by atoms with Gasteiger partial charge in [-0.05, 0) is 30.7 Å². The molecule has 0 unspecified atom stereocenters. The van der Waals surface area contributed by atoms with Crippen molar-refractivity contribution in [3.05, 3.63) is 70.3 Å². The molecule has 2 aromatic heterocycles. The molecule has 31 heavy (non-hydrogen) atoms. The second-order valence-electron chi connectivity index (χ2n) is 6.56. The van der Waals surface area contributed by atoms with E-state index in [1.165, 1.54) is 6.33 Å². The fourth-order valence-corrected chi connectivity index (χ4v) is 3.13. The quantitative estimate of drug-likeness (QED) is 0.455. The summed E-state index contributed by atoms with van der Waals surface area (Å²) in [6.45, 7) is 2.83. The number of aromatic nitrogens is 3. The number of methoxy groups -OCH3 is 1. The first-order valence-corrected chi connectivity index (χ1v) is 10.1. The first-order chi connectivity index (χ1) is 15.0. The highest BCUT2D eigenvalue weighted by atomic mass is 35.5. The van der Waals surface area contributed by atoms with E-state index in [4.69, 9.17) is 22.1 Å². The Labute approximate surface area is 186 Å². The SMILES string of the molecule is CCc1ncnc(-c2ccc(C(=O)NCCOC)c(Cl)c2)c1C#Cc1ccc(N)nc1. The lowest BCUT2D eigenvalue weighted by atomic mass is 10.0. The Morgan fingerprint density at radius 2 is 2.03 bits per heavy atom. The third-order valence-electron chi connectivity index (χ3n) is 4.46. The zero-order valence-electron chi connectivity index (χ0n) is 17.3. The van der Waals surface area contributed by atoms with Gasteiger partial charge in [-0.2, -0.15) is 0 Å². The van der Waals surface area contributed by atoms with Crippen LogP contribution in [0.1, 0.15) is 34.1 Å². The Morgan fingerprint density at radius 3 is 2.71 bits per heavy atom. The maximum Gasteiger partial charge on any atom is 0.252 e. The van der Waals surface area contributed by atoms with Crippen molar-refractivity contribution in [3.8, 4) is 23.1 Å². The topological polar surface area (TPSA) is 103 Å². The van der Waals surface area contributed by atoms with E-state index < -0.39 is 0 Å². The van der Waals surface area contributed by atoms with Gasteiger partial charge in [0.05, 0.1) is 34.1 Å². The Hall–Kier alpha value is -3.47. The average Bonchev–Trinajstić information content (AvgIpc) is 2.78. The first-order valence-electron chi connectivity index (χ1n) is 9.68. The number of carbonyl (C=O) groups is 1. The number of rotatable bonds is 6. The second-order valence-corrected chi connectivity index (χ2v) is 6.97. The third kappa shape index (κ3) is 5.57. The van der Waals surface area contributed by atoms with Gasteiger partial charge in [0.1, 0.15) is 12.1 Å². The summed E-state index contributed by atoms with van der Waals surface area (Å²) < 4.78 is 4.95. The lowest BCUT2D eigenvalue weighted by Crippen LogP contribution is -2.27. The van der Waals surface area contributed by atoms with Crippen LogP contribution in [0.4, 0.5) is 5.82 Å². The summed E-state index contributed by atoms with van der Waals surface area (Å²) in [5.74, 6) is 6.43. The second kappa shape index (κ2) is 10.5. The highest BCUT2D eigenvalue weighted by molar-refractivity contribution is 6.34. The Morgan fingerprint density at radius 1 is 1.19 bits per heavy atom. The van der Waals surface area contributed by atoms with Crippen LogP contribution >= 0.6 is 11.6 Å². The molecule has 2 heterocycles. The Bertz CT molecular complexity index is 1140. The molecule has 0 bridgehead atoms. The van der Waals surface area contributed by atoms with Crippen molar-refractivity contribution in [2.24, 2.45) is 0 Å². The van der Waals surface area contributed by atoms with Crippen molar-refractivity contribution in [2.45, 2.75) is 13.3 Å². The largest absolute Gasteiger partial charge is 0.384 e. The highest BCUT2D eigenvalue weighted by Gasteiger charge is 2.15. The van der Waals surface area contributed by atoms with Gasteiger partial charge < -0.3 is 15.8 Å². The van der Waals surface area contributed by atoms with Gasteiger partial charge in [-0.1, -0.05) is 36.4 Å². The van der Waals surface area contributed by atoms with Gasteiger partial charge in [0.25, 0.3) is 5.91 Å². The number of amides is 1. The number of benzene rings is 1. The highest BCUT2D eigenvalue weighted by Crippen LogP contribution is 2.27. The number of aryl methyl sites for hydroxylation is 1. The molecule has 8 heteroatoms. The molecule has 0 atom stereocenters. The van der Waals surface area contributed by atoms with Gasteiger partial charge >= 0.3 is 0 Å². The van der Waals surface area contributed by atoms with Crippen LogP contribution in [-0.2, 0) is 11.2 Å². The van der Waals surface area contributed by atoms with E-state index in [2.05, 4.69) is 32.1 Å². The summed E-state index contributed by atoms with van der Waals surface area (Å²) in [4.78, 5) is 25.2. The molecule has 1 amide bonds. The number of hydrogen-bond acceptors (Lipinski definition) is 6. The van der Waals surface area contributed by atoms with Crippen molar-refractivity contribution >= 4 is 23.3 Å². The Kier molecular flexibility index (Phi) is 7.55. The molecular formula is C23H22ClN5O2. The van der Waals surface area contributed by atoms with Crippen molar-refractivity contribution in [2.75, 3.05) is 26.0 Å². The van der Waals surface area contributed by atoms with Gasteiger partial charge in [0, 0.05) is 31.0 Å². The lowest BCUT2D eigenvalue weighted by molar-refractivity contribution is 0.0937. The smallest absolute Gasteiger partial charge is 0.252 e. The van der Waals surface area contributed by atoms with Crippen molar-refractivity contribution in [3.63, 3.8) is 0 Å². The normalized spacial score (nSPS) is 10.3. The van der Waals surface area contributed by atoms with E-state index in [0.717, 1.165) is 16.8 Å². The maximum absolute atomic E-state index is 12.3. The summed E-state index contributed by atoms with van der Waals surface area (Å²) in [6, 6.07) is 8.69. The van der Waals surface area contributed by atoms with Crippen LogP contribution in [0.5, 0.6) is 0 Å². The summed E-state index contributed by atoms with van der Waals surface area (Å²) in [7, 11) is 1.57. The minimum absolute atomic E-state index is 0.263. The van der Waals surface area contributed by atoms with Gasteiger partial charge in [0.2, 0.25) is 0 Å². The predicted molar refractivity (Wildman–Crippen MR) is 121 cm³/mol. The van der Waals surface area contributed by atoms with E-state index in [1.54, 1.807) is 43.6 Å². The molecule has 3 rings (SSSR count). The summed E-state index contributed by atoms with van der Waals surface area (Å²) in [5.41, 5.74) is 9.66. The van der Waals surface area contributed by atoms with E-state index in [9.17, 15) is 4.79 Å². The molecule has 3 aromatic rings. The van der Waals surface area contributed by atoms with E-state index in [0.29, 0.717) is 47.2 Å². The number of nitrogens with zero attached hydrogens (tertiary/aromatic N) is 3. The van der Waals surface area contributed by atoms with Crippen LogP contribution in [0.3, 0.4) is 0 Å². The number of carbonyl (C=O) groups excluding carboxylic acids is 1. The molecule has 158 valence electrons. The van der Waals surface area contributed by atoms with Crippen LogP contribution in [0.2, 0.25) is 5.02 Å². The van der Waals surface area contributed by atoms with E-state index in [-0.39, 0.29) is 5.91 Å². The number of nitrogens with two attached hydrogens (primary N) is 1. The number of hydrogen-bond donors (Lipinski definition) is 2. The van der Waals surface area contributed by atoms with Crippen molar-refractivity contribution in [1.29, 1.82) is 0 Å². The molecule has 0 saturated carbocycles. The summed E-state index contributed by atoms with van der Waals surface area (Å²) in [6.07, 6.45) is 3.81. The predicted octanol–water partition coefficient (Wildman–Crippen LogP) is 3.11. The molecule has 0 aliphatic rings. The zero-order valence-corrected chi connectivity index (χ0v) is 18.0. The van der Waals surface area contributed by atoms with Crippen molar-refractivity contribution < 1.29 is 9.53 Å². The molecule has 0 radical (unpaired) electrons. The molecule has 0 aliphatic carbocycles. The summed E-state index contributed by atoms with van der Waals surface area (Å²) in [5, 5.41) is 3.09. The van der Waals surface area contributed by atoms with Crippen LogP contribution in [-0.4, -0.2) is 41.1 Å². The third-order valence-corrected chi connectivity index (χ3v) is 4.77. The molecule has 0 spiro atoms. The minimum Gasteiger partial charge on any atom is -0.384 e. The van der Waals surface area contributed by atoms with Gasteiger partial charge in [-0.3, -0.25) is 4.79 Å². The molecule has 7 nitrogen and oxygen atoms in total. The monoisotopic (exact) mass is 435 g/mol. The Balaban J connectivity index is 1.97. The molecule has 0 fully saturated rings.